The van der Waals surface area contributed by atoms with Crippen molar-refractivity contribution in [3.8, 4) is 11.3 Å². The number of anilines is 2. The molecule has 2 N–H and O–H groups in total. The third-order valence-electron chi connectivity index (χ3n) is 5.46. The number of benzene rings is 2. The minimum absolute atomic E-state index is 0.159. The molecule has 2 amide bonds. The van der Waals surface area contributed by atoms with E-state index in [-0.39, 0.29) is 11.6 Å². The number of rotatable bonds is 10. The molecule has 12 heteroatoms. The molecule has 4 aromatic rings. The zero-order valence-electron chi connectivity index (χ0n) is 19.9. The first-order valence-corrected chi connectivity index (χ1v) is 13.4. The highest BCUT2D eigenvalue weighted by Crippen LogP contribution is 2.30. The summed E-state index contributed by atoms with van der Waals surface area (Å²) in [7, 11) is 0. The third kappa shape index (κ3) is 5.56. The molecule has 2 aromatic heterocycles. The number of thiazole rings is 2. The molecule has 0 fully saturated rings. The third-order valence-corrected chi connectivity index (χ3v) is 6.96. The number of carbonyl (C=O) groups excluding carboxylic acids is 3. The van der Waals surface area contributed by atoms with Crippen LogP contribution >= 0.6 is 22.7 Å². The predicted molar refractivity (Wildman–Crippen MR) is 149 cm³/mol. The van der Waals surface area contributed by atoms with E-state index in [9.17, 15) is 14.4 Å². The van der Waals surface area contributed by atoms with Crippen molar-refractivity contribution >= 4 is 62.5 Å². The maximum Gasteiger partial charge on any atom is 0.303 e. The van der Waals surface area contributed by atoms with Crippen LogP contribution in [-0.2, 0) is 9.59 Å². The first kappa shape index (κ1) is 25.1. The Morgan fingerprint density at radius 1 is 1.05 bits per heavy atom. The van der Waals surface area contributed by atoms with Gasteiger partial charge in [-0.25, -0.2) is 9.97 Å². The molecule has 190 valence electrons. The molecule has 0 spiro atoms. The number of carbonyl (C=O) groups is 3. The Morgan fingerprint density at radius 2 is 1.87 bits per heavy atom. The van der Waals surface area contributed by atoms with E-state index in [4.69, 9.17) is 0 Å². The molecule has 10 nitrogen and oxygen atoms in total. The zero-order valence-corrected chi connectivity index (χ0v) is 21.5. The van der Waals surface area contributed by atoms with Gasteiger partial charge in [0.15, 0.2) is 5.71 Å². The maximum atomic E-state index is 13.4. The molecule has 0 atom stereocenters. The quantitative estimate of drug-likeness (QED) is 0.175. The highest BCUT2D eigenvalue weighted by atomic mass is 32.1. The van der Waals surface area contributed by atoms with Crippen molar-refractivity contribution in [3.05, 3.63) is 82.7 Å². The van der Waals surface area contributed by atoms with Gasteiger partial charge in [0.1, 0.15) is 12.0 Å². The van der Waals surface area contributed by atoms with Gasteiger partial charge in [-0.3, -0.25) is 15.0 Å². The van der Waals surface area contributed by atoms with Gasteiger partial charge in [-0.05, 0) is 18.6 Å². The SMILES string of the molecule is O=CCCCNC(=O)c1ccc(-c2csc(N3N=C(c4ccccc4)/C(=N\Nc4nccs4)C3=O)n2)cc1. The van der Waals surface area contributed by atoms with Crippen LogP contribution in [-0.4, -0.2) is 46.0 Å². The van der Waals surface area contributed by atoms with Crippen LogP contribution in [0.4, 0.5) is 10.3 Å². The number of hydrogen-bond donors (Lipinski definition) is 2. The van der Waals surface area contributed by atoms with E-state index >= 15 is 0 Å². The standard InChI is InChI=1S/C26H21N7O3S2/c34-14-5-4-12-27-23(35)19-10-8-17(9-11-19)20-16-38-26(29-20)33-24(36)22(30-31-25-28-13-15-37-25)21(32-33)18-6-2-1-3-7-18/h1-3,6-11,13-16H,4-5,12H2,(H,27,35)(H,28,31)/b30-22+. The molecular formula is C26H21N7O3S2. The van der Waals surface area contributed by atoms with Crippen molar-refractivity contribution in [1.29, 1.82) is 0 Å². The number of hydrogen-bond acceptors (Lipinski definition) is 10. The highest BCUT2D eigenvalue weighted by molar-refractivity contribution is 7.14. The minimum atomic E-state index is -0.407. The molecule has 0 unspecified atom stereocenters. The van der Waals surface area contributed by atoms with Crippen molar-refractivity contribution in [2.75, 3.05) is 17.0 Å². The fourth-order valence-electron chi connectivity index (χ4n) is 3.57. The van der Waals surface area contributed by atoms with Crippen LogP contribution in [0.2, 0.25) is 0 Å². The summed E-state index contributed by atoms with van der Waals surface area (Å²) in [5, 5.41) is 17.5. The zero-order chi connectivity index (χ0) is 26.3. The van der Waals surface area contributed by atoms with Crippen molar-refractivity contribution in [2.24, 2.45) is 10.2 Å². The summed E-state index contributed by atoms with van der Waals surface area (Å²) in [5.74, 6) is -0.611. The average Bonchev–Trinajstić information content (AvgIpc) is 3.71. The second-order valence-electron chi connectivity index (χ2n) is 8.00. The Bertz CT molecular complexity index is 1500. The van der Waals surface area contributed by atoms with E-state index in [0.29, 0.717) is 46.6 Å². The van der Waals surface area contributed by atoms with Gasteiger partial charge in [0.25, 0.3) is 5.91 Å². The van der Waals surface area contributed by atoms with Crippen molar-refractivity contribution < 1.29 is 14.4 Å². The predicted octanol–water partition coefficient (Wildman–Crippen LogP) is 4.19. The fraction of sp³-hybridized carbons (Fsp3) is 0.115. The van der Waals surface area contributed by atoms with E-state index in [2.05, 4.69) is 30.9 Å². The normalized spacial score (nSPS) is 14.0. The summed E-state index contributed by atoms with van der Waals surface area (Å²) < 4.78 is 0. The lowest BCUT2D eigenvalue weighted by Crippen LogP contribution is -2.28. The fourth-order valence-corrected chi connectivity index (χ4v) is 4.82. The van der Waals surface area contributed by atoms with Crippen LogP contribution in [0.3, 0.4) is 0 Å². The molecular weight excluding hydrogens is 522 g/mol. The number of amides is 2. The van der Waals surface area contributed by atoms with Gasteiger partial charge in [-0.2, -0.15) is 15.2 Å². The summed E-state index contributed by atoms with van der Waals surface area (Å²) in [6.45, 7) is 0.439. The largest absolute Gasteiger partial charge is 0.352 e. The molecule has 2 aromatic carbocycles. The molecule has 0 radical (unpaired) electrons. The van der Waals surface area contributed by atoms with Gasteiger partial charge in [0.2, 0.25) is 10.3 Å². The number of nitrogens with one attached hydrogen (secondary N) is 2. The van der Waals surface area contributed by atoms with Gasteiger partial charge < -0.3 is 10.1 Å². The Hall–Kier alpha value is -4.55. The summed E-state index contributed by atoms with van der Waals surface area (Å²) >= 11 is 2.65. The molecule has 1 aliphatic rings. The van der Waals surface area contributed by atoms with Crippen LogP contribution in [0.15, 0.2) is 81.8 Å². The van der Waals surface area contributed by atoms with Crippen LogP contribution in [0, 0.1) is 0 Å². The first-order valence-electron chi connectivity index (χ1n) is 11.6. The lowest BCUT2D eigenvalue weighted by molar-refractivity contribution is -0.112. The molecule has 0 bridgehead atoms. The van der Waals surface area contributed by atoms with E-state index in [0.717, 1.165) is 17.4 Å². The Balaban J connectivity index is 1.35. The Morgan fingerprint density at radius 3 is 2.61 bits per heavy atom. The number of unbranched alkanes of at least 4 members (excludes halogenated alkanes) is 1. The molecule has 0 saturated heterocycles. The molecule has 1 aliphatic heterocycles. The lowest BCUT2D eigenvalue weighted by atomic mass is 10.1. The highest BCUT2D eigenvalue weighted by Gasteiger charge is 2.35. The van der Waals surface area contributed by atoms with Gasteiger partial charge in [-0.15, -0.1) is 22.7 Å². The van der Waals surface area contributed by atoms with Crippen LogP contribution in [0.5, 0.6) is 0 Å². The lowest BCUT2D eigenvalue weighted by Gasteiger charge is -2.06. The second kappa shape index (κ2) is 11.7. The van der Waals surface area contributed by atoms with Crippen molar-refractivity contribution in [1.82, 2.24) is 15.3 Å². The van der Waals surface area contributed by atoms with Gasteiger partial charge in [0, 0.05) is 46.6 Å². The molecule has 38 heavy (non-hydrogen) atoms. The Kier molecular flexibility index (Phi) is 7.71. The molecule has 0 aliphatic carbocycles. The minimum Gasteiger partial charge on any atom is -0.352 e. The molecule has 5 rings (SSSR count). The molecule has 3 heterocycles. The van der Waals surface area contributed by atoms with Gasteiger partial charge in [-0.1, -0.05) is 42.5 Å². The smallest absolute Gasteiger partial charge is 0.303 e. The second-order valence-corrected chi connectivity index (χ2v) is 9.73. The van der Waals surface area contributed by atoms with Crippen LogP contribution in [0.1, 0.15) is 28.8 Å². The van der Waals surface area contributed by atoms with Crippen LogP contribution < -0.4 is 15.8 Å². The van der Waals surface area contributed by atoms with Crippen molar-refractivity contribution in [3.63, 3.8) is 0 Å². The van der Waals surface area contributed by atoms with Gasteiger partial charge in [0.05, 0.1) is 5.69 Å². The average molecular weight is 544 g/mol. The number of aromatic nitrogens is 2. The number of aldehydes is 1. The van der Waals surface area contributed by atoms with E-state index in [1.165, 1.54) is 27.7 Å². The van der Waals surface area contributed by atoms with Crippen molar-refractivity contribution in [2.45, 2.75) is 12.8 Å². The molecule has 0 saturated carbocycles. The van der Waals surface area contributed by atoms with E-state index in [1.807, 2.05) is 41.1 Å². The van der Waals surface area contributed by atoms with Gasteiger partial charge >= 0.3 is 5.91 Å². The van der Waals surface area contributed by atoms with E-state index in [1.54, 1.807) is 30.5 Å². The summed E-state index contributed by atoms with van der Waals surface area (Å²) in [6.07, 6.45) is 3.50. The number of hydrazone groups is 2. The van der Waals surface area contributed by atoms with E-state index < -0.39 is 5.91 Å². The topological polar surface area (TPSA) is 129 Å². The monoisotopic (exact) mass is 543 g/mol. The summed E-state index contributed by atoms with van der Waals surface area (Å²) in [4.78, 5) is 44.8. The first-order chi connectivity index (χ1) is 18.6. The Labute approximate surface area is 225 Å². The summed E-state index contributed by atoms with van der Waals surface area (Å²) in [5.41, 5.74) is 6.13. The maximum absolute atomic E-state index is 13.4. The number of nitrogens with zero attached hydrogens (tertiary/aromatic N) is 5. The van der Waals surface area contributed by atoms with Crippen LogP contribution in [0.25, 0.3) is 11.3 Å². The summed E-state index contributed by atoms with van der Waals surface area (Å²) in [6, 6.07) is 16.4.